The van der Waals surface area contributed by atoms with Crippen LogP contribution in [0.1, 0.15) is 37.3 Å². The van der Waals surface area contributed by atoms with Gasteiger partial charge in [0.25, 0.3) is 0 Å². The van der Waals surface area contributed by atoms with Gasteiger partial charge in [-0.25, -0.2) is 0 Å². The minimum absolute atomic E-state index is 0.0186. The first-order valence-corrected chi connectivity index (χ1v) is 6.43. The Labute approximate surface area is 108 Å². The molecular weight excluding hydrogens is 228 g/mol. The number of rotatable bonds is 8. The summed E-state index contributed by atoms with van der Waals surface area (Å²) in [5, 5.41) is 12.1. The van der Waals surface area contributed by atoms with Crippen LogP contribution in [0, 0.1) is 0 Å². The van der Waals surface area contributed by atoms with Gasteiger partial charge in [0.05, 0.1) is 12.6 Å². The van der Waals surface area contributed by atoms with Gasteiger partial charge < -0.3 is 16.2 Å². The topological polar surface area (TPSA) is 75.4 Å². The molecule has 0 bridgehead atoms. The Kier molecular flexibility index (Phi) is 7.06. The average Bonchev–Trinajstić information content (AvgIpc) is 2.42. The number of benzene rings is 1. The number of carbonyl (C=O) groups is 1. The second kappa shape index (κ2) is 8.66. The van der Waals surface area contributed by atoms with E-state index in [2.05, 4.69) is 5.32 Å². The molecule has 4 heteroatoms. The van der Waals surface area contributed by atoms with E-state index >= 15 is 0 Å². The molecule has 1 atom stereocenters. The predicted molar refractivity (Wildman–Crippen MR) is 71.9 cm³/mol. The van der Waals surface area contributed by atoms with Gasteiger partial charge >= 0.3 is 0 Å². The molecule has 0 saturated carbocycles. The van der Waals surface area contributed by atoms with Gasteiger partial charge in [0.2, 0.25) is 5.91 Å². The minimum Gasteiger partial charge on any atom is -0.394 e. The fourth-order valence-corrected chi connectivity index (χ4v) is 1.79. The van der Waals surface area contributed by atoms with Gasteiger partial charge in [-0.2, -0.15) is 0 Å². The first kappa shape index (κ1) is 14.7. The zero-order valence-corrected chi connectivity index (χ0v) is 10.6. The van der Waals surface area contributed by atoms with E-state index in [1.54, 1.807) is 0 Å². The molecule has 0 unspecified atom stereocenters. The summed E-state index contributed by atoms with van der Waals surface area (Å²) in [5.41, 5.74) is 6.32. The number of unbranched alkanes of at least 4 members (excludes halogenated alkanes) is 2. The largest absolute Gasteiger partial charge is 0.394 e. The van der Waals surface area contributed by atoms with Gasteiger partial charge in [0.1, 0.15) is 0 Å². The fraction of sp³-hybridized carbons (Fsp3) is 0.500. The molecule has 0 aliphatic heterocycles. The maximum Gasteiger partial charge on any atom is 0.220 e. The monoisotopic (exact) mass is 250 g/mol. The van der Waals surface area contributed by atoms with Crippen LogP contribution in [-0.2, 0) is 4.79 Å². The van der Waals surface area contributed by atoms with Crippen molar-refractivity contribution in [1.29, 1.82) is 0 Å². The number of aliphatic hydroxyl groups excluding tert-OH is 1. The lowest BCUT2D eigenvalue weighted by atomic mass is 10.1. The third-order valence-electron chi connectivity index (χ3n) is 2.83. The van der Waals surface area contributed by atoms with Crippen molar-refractivity contribution in [2.75, 3.05) is 13.2 Å². The van der Waals surface area contributed by atoms with Crippen molar-refractivity contribution in [2.45, 2.75) is 31.7 Å². The Bertz CT molecular complexity index is 341. The van der Waals surface area contributed by atoms with Crippen molar-refractivity contribution in [3.8, 4) is 0 Å². The summed E-state index contributed by atoms with van der Waals surface area (Å²) < 4.78 is 0. The van der Waals surface area contributed by atoms with Gasteiger partial charge in [0.15, 0.2) is 0 Å². The van der Waals surface area contributed by atoms with Gasteiger partial charge in [-0.05, 0) is 24.9 Å². The molecule has 1 aromatic carbocycles. The van der Waals surface area contributed by atoms with Crippen molar-refractivity contribution in [2.24, 2.45) is 5.73 Å². The Hall–Kier alpha value is -1.39. The van der Waals surface area contributed by atoms with Crippen molar-refractivity contribution < 1.29 is 9.90 Å². The molecule has 0 aromatic heterocycles. The molecule has 18 heavy (non-hydrogen) atoms. The summed E-state index contributed by atoms with van der Waals surface area (Å²) in [6, 6.07) is 9.18. The molecule has 1 aromatic rings. The molecule has 0 saturated heterocycles. The first-order valence-electron chi connectivity index (χ1n) is 6.43. The van der Waals surface area contributed by atoms with Crippen molar-refractivity contribution in [1.82, 2.24) is 5.32 Å². The van der Waals surface area contributed by atoms with Crippen molar-refractivity contribution in [3.63, 3.8) is 0 Å². The van der Waals surface area contributed by atoms with Crippen LogP contribution < -0.4 is 11.1 Å². The molecule has 0 heterocycles. The van der Waals surface area contributed by atoms with Gasteiger partial charge in [-0.1, -0.05) is 36.8 Å². The van der Waals surface area contributed by atoms with Crippen LogP contribution in [-0.4, -0.2) is 24.2 Å². The highest BCUT2D eigenvalue weighted by atomic mass is 16.3. The third-order valence-corrected chi connectivity index (χ3v) is 2.83. The molecule has 1 amide bonds. The number of hydrogen-bond acceptors (Lipinski definition) is 3. The lowest BCUT2D eigenvalue weighted by Gasteiger charge is -2.16. The molecule has 4 N–H and O–H groups in total. The SMILES string of the molecule is NCCCCCC(=O)N[C@H](CO)c1ccccc1. The van der Waals surface area contributed by atoms with Gasteiger partial charge in [0, 0.05) is 6.42 Å². The summed E-state index contributed by atoms with van der Waals surface area (Å²) in [5.74, 6) is -0.0186. The Morgan fingerprint density at radius 2 is 1.94 bits per heavy atom. The van der Waals surface area contributed by atoms with E-state index in [0.29, 0.717) is 13.0 Å². The number of carbonyl (C=O) groups excluding carboxylic acids is 1. The lowest BCUT2D eigenvalue weighted by molar-refractivity contribution is -0.122. The van der Waals surface area contributed by atoms with Crippen molar-refractivity contribution >= 4 is 5.91 Å². The quantitative estimate of drug-likeness (QED) is 0.610. The smallest absolute Gasteiger partial charge is 0.220 e. The van der Waals surface area contributed by atoms with Crippen molar-refractivity contribution in [3.05, 3.63) is 35.9 Å². The highest BCUT2D eigenvalue weighted by molar-refractivity contribution is 5.76. The third kappa shape index (κ3) is 5.29. The number of nitrogens with two attached hydrogens (primary N) is 1. The van der Waals surface area contributed by atoms with E-state index in [1.165, 1.54) is 0 Å². The van der Waals surface area contributed by atoms with Crippen LogP contribution in [0.15, 0.2) is 30.3 Å². The zero-order chi connectivity index (χ0) is 13.2. The fourth-order valence-electron chi connectivity index (χ4n) is 1.79. The summed E-state index contributed by atoms with van der Waals surface area (Å²) in [6.45, 7) is 0.587. The van der Waals surface area contributed by atoms with Crippen LogP contribution in [0.5, 0.6) is 0 Å². The van der Waals surface area contributed by atoms with Crippen LogP contribution in [0.4, 0.5) is 0 Å². The number of amides is 1. The average molecular weight is 250 g/mol. The number of hydrogen-bond donors (Lipinski definition) is 3. The van der Waals surface area contributed by atoms with E-state index in [4.69, 9.17) is 5.73 Å². The maximum atomic E-state index is 11.7. The molecule has 0 aliphatic rings. The summed E-state index contributed by atoms with van der Waals surface area (Å²) in [6.07, 6.45) is 3.26. The minimum atomic E-state index is -0.312. The second-order valence-corrected chi connectivity index (χ2v) is 4.31. The van der Waals surface area contributed by atoms with E-state index < -0.39 is 0 Å². The molecule has 0 spiro atoms. The van der Waals surface area contributed by atoms with Gasteiger partial charge in [-0.3, -0.25) is 4.79 Å². The molecule has 1 rings (SSSR count). The Balaban J connectivity index is 2.37. The highest BCUT2D eigenvalue weighted by Gasteiger charge is 2.12. The molecule has 4 nitrogen and oxygen atoms in total. The predicted octanol–water partition coefficient (Wildman–Crippen LogP) is 1.36. The van der Waals surface area contributed by atoms with E-state index in [1.807, 2.05) is 30.3 Å². The molecule has 0 aliphatic carbocycles. The number of aliphatic hydroxyl groups is 1. The summed E-state index contributed by atoms with van der Waals surface area (Å²) in [7, 11) is 0. The summed E-state index contributed by atoms with van der Waals surface area (Å²) in [4.78, 5) is 11.7. The maximum absolute atomic E-state index is 11.7. The van der Waals surface area contributed by atoms with E-state index in [0.717, 1.165) is 24.8 Å². The second-order valence-electron chi connectivity index (χ2n) is 4.31. The molecule has 0 radical (unpaired) electrons. The lowest BCUT2D eigenvalue weighted by Crippen LogP contribution is -2.30. The standard InChI is InChI=1S/C14H22N2O2/c15-10-6-2-5-9-14(18)16-13(11-17)12-7-3-1-4-8-12/h1,3-4,7-8,13,17H,2,5-6,9-11,15H2,(H,16,18)/t13-/m1/s1. The van der Waals surface area contributed by atoms with E-state index in [-0.39, 0.29) is 18.6 Å². The molecule has 0 fully saturated rings. The van der Waals surface area contributed by atoms with Crippen LogP contribution >= 0.6 is 0 Å². The van der Waals surface area contributed by atoms with Crippen LogP contribution in [0.3, 0.4) is 0 Å². The normalized spacial score (nSPS) is 12.1. The van der Waals surface area contributed by atoms with E-state index in [9.17, 15) is 9.90 Å². The van der Waals surface area contributed by atoms with Gasteiger partial charge in [-0.15, -0.1) is 0 Å². The molecule has 100 valence electrons. The zero-order valence-electron chi connectivity index (χ0n) is 10.6. The Morgan fingerprint density at radius 3 is 2.56 bits per heavy atom. The first-order chi connectivity index (χ1) is 8.77. The Morgan fingerprint density at radius 1 is 1.22 bits per heavy atom. The molecular formula is C14H22N2O2. The van der Waals surface area contributed by atoms with Crippen LogP contribution in [0.2, 0.25) is 0 Å². The number of nitrogens with one attached hydrogen (secondary N) is 1. The highest BCUT2D eigenvalue weighted by Crippen LogP contribution is 2.12. The van der Waals surface area contributed by atoms with Crippen LogP contribution in [0.25, 0.3) is 0 Å². The summed E-state index contributed by atoms with van der Waals surface area (Å²) >= 11 is 0.